The molecule has 0 spiro atoms. The standard InChI is InChI=1S/C10H16/c1-7-8(2)10-6-4-3-5-9(7)10/h7-8H,3-6H2,1-2H3. The molecular formula is C10H16. The molecule has 10 heavy (non-hydrogen) atoms. The van der Waals surface area contributed by atoms with Gasteiger partial charge in [0.2, 0.25) is 0 Å². The minimum absolute atomic E-state index is 0.926. The van der Waals surface area contributed by atoms with Gasteiger partial charge < -0.3 is 0 Å². The lowest BCUT2D eigenvalue weighted by Gasteiger charge is -2.41. The molecule has 0 saturated heterocycles. The summed E-state index contributed by atoms with van der Waals surface area (Å²) in [5.74, 6) is 1.85. The van der Waals surface area contributed by atoms with Crippen molar-refractivity contribution in [2.24, 2.45) is 11.8 Å². The summed E-state index contributed by atoms with van der Waals surface area (Å²) in [4.78, 5) is 0. The van der Waals surface area contributed by atoms with Gasteiger partial charge in [0, 0.05) is 0 Å². The van der Waals surface area contributed by atoms with Gasteiger partial charge in [-0.2, -0.15) is 0 Å². The third-order valence-corrected chi connectivity index (χ3v) is 3.40. The van der Waals surface area contributed by atoms with E-state index in [0.717, 1.165) is 11.8 Å². The maximum atomic E-state index is 2.38. The van der Waals surface area contributed by atoms with E-state index in [0.29, 0.717) is 0 Å². The molecule has 56 valence electrons. The molecule has 0 saturated carbocycles. The van der Waals surface area contributed by atoms with E-state index in [-0.39, 0.29) is 0 Å². The zero-order chi connectivity index (χ0) is 7.14. The second kappa shape index (κ2) is 2.11. The van der Waals surface area contributed by atoms with Crippen molar-refractivity contribution in [1.29, 1.82) is 0 Å². The first kappa shape index (κ1) is 6.45. The summed E-state index contributed by atoms with van der Waals surface area (Å²) in [6.07, 6.45) is 5.74. The molecule has 0 heterocycles. The van der Waals surface area contributed by atoms with Crippen molar-refractivity contribution in [2.75, 3.05) is 0 Å². The van der Waals surface area contributed by atoms with Gasteiger partial charge in [-0.25, -0.2) is 0 Å². The van der Waals surface area contributed by atoms with E-state index in [1.165, 1.54) is 25.7 Å². The van der Waals surface area contributed by atoms with Gasteiger partial charge in [0.25, 0.3) is 0 Å². The Hall–Kier alpha value is -0.260. The van der Waals surface area contributed by atoms with Crippen LogP contribution in [0.5, 0.6) is 0 Å². The summed E-state index contributed by atoms with van der Waals surface area (Å²) < 4.78 is 0. The first-order valence-electron chi connectivity index (χ1n) is 4.52. The highest BCUT2D eigenvalue weighted by molar-refractivity contribution is 5.32. The summed E-state index contributed by atoms with van der Waals surface area (Å²) in [7, 11) is 0. The predicted molar refractivity (Wildman–Crippen MR) is 43.8 cm³/mol. The van der Waals surface area contributed by atoms with Crippen molar-refractivity contribution in [3.8, 4) is 0 Å². The van der Waals surface area contributed by atoms with Crippen LogP contribution in [0.25, 0.3) is 0 Å². The molecule has 0 fully saturated rings. The van der Waals surface area contributed by atoms with E-state index in [9.17, 15) is 0 Å². The maximum absolute atomic E-state index is 2.38. The number of rotatable bonds is 0. The first-order chi connectivity index (χ1) is 4.80. The minimum atomic E-state index is 0.926. The smallest absolute Gasteiger partial charge is 0.0166 e. The number of allylic oxidation sites excluding steroid dienone is 2. The average Bonchev–Trinajstić information content (AvgIpc) is 2.03. The second-order valence-electron chi connectivity index (χ2n) is 3.83. The predicted octanol–water partition coefficient (Wildman–Crippen LogP) is 3.14. The van der Waals surface area contributed by atoms with Gasteiger partial charge in [-0.1, -0.05) is 25.0 Å². The van der Waals surface area contributed by atoms with E-state index < -0.39 is 0 Å². The average molecular weight is 136 g/mol. The maximum Gasteiger partial charge on any atom is -0.0166 e. The summed E-state index contributed by atoms with van der Waals surface area (Å²) in [6.45, 7) is 4.77. The molecule has 0 N–H and O–H groups in total. The number of hydrogen-bond donors (Lipinski definition) is 0. The molecule has 0 heteroatoms. The van der Waals surface area contributed by atoms with Crippen LogP contribution < -0.4 is 0 Å². The van der Waals surface area contributed by atoms with Crippen molar-refractivity contribution in [3.63, 3.8) is 0 Å². The normalized spacial score (nSPS) is 39.0. The number of hydrogen-bond acceptors (Lipinski definition) is 0. The van der Waals surface area contributed by atoms with Crippen LogP contribution in [0.2, 0.25) is 0 Å². The molecule has 0 aromatic rings. The van der Waals surface area contributed by atoms with E-state index >= 15 is 0 Å². The van der Waals surface area contributed by atoms with Gasteiger partial charge in [-0.05, 0) is 37.5 Å². The van der Waals surface area contributed by atoms with Crippen molar-refractivity contribution in [2.45, 2.75) is 39.5 Å². The summed E-state index contributed by atoms with van der Waals surface area (Å²) in [6, 6.07) is 0. The van der Waals surface area contributed by atoms with Crippen LogP contribution in [-0.2, 0) is 0 Å². The summed E-state index contributed by atoms with van der Waals surface area (Å²) in [5, 5.41) is 0. The SMILES string of the molecule is CC1C2=C(CCCC2)C1C. The summed E-state index contributed by atoms with van der Waals surface area (Å²) >= 11 is 0. The molecule has 0 nitrogen and oxygen atoms in total. The van der Waals surface area contributed by atoms with E-state index in [2.05, 4.69) is 13.8 Å². The van der Waals surface area contributed by atoms with Crippen LogP contribution >= 0.6 is 0 Å². The fourth-order valence-electron chi connectivity index (χ4n) is 2.50. The van der Waals surface area contributed by atoms with Crippen molar-refractivity contribution in [3.05, 3.63) is 11.1 Å². The first-order valence-corrected chi connectivity index (χ1v) is 4.52. The van der Waals surface area contributed by atoms with Gasteiger partial charge in [0.15, 0.2) is 0 Å². The van der Waals surface area contributed by atoms with E-state index in [1.807, 2.05) is 11.1 Å². The van der Waals surface area contributed by atoms with Crippen LogP contribution in [-0.4, -0.2) is 0 Å². The Balaban J connectivity index is 2.21. The molecule has 2 aliphatic rings. The van der Waals surface area contributed by atoms with Crippen LogP contribution in [0.4, 0.5) is 0 Å². The Morgan fingerprint density at radius 1 is 0.900 bits per heavy atom. The molecule has 2 aliphatic carbocycles. The van der Waals surface area contributed by atoms with Crippen molar-refractivity contribution >= 4 is 0 Å². The Bertz CT molecular complexity index is 156. The molecule has 0 aromatic heterocycles. The highest BCUT2D eigenvalue weighted by Gasteiger charge is 2.33. The molecule has 0 aromatic carbocycles. The molecule has 0 aliphatic heterocycles. The largest absolute Gasteiger partial charge is 0.0673 e. The third-order valence-electron chi connectivity index (χ3n) is 3.40. The Morgan fingerprint density at radius 3 is 1.70 bits per heavy atom. The molecule has 2 rings (SSSR count). The van der Waals surface area contributed by atoms with Crippen LogP contribution in [0.3, 0.4) is 0 Å². The molecular weight excluding hydrogens is 120 g/mol. The summed E-state index contributed by atoms with van der Waals surface area (Å²) in [5.41, 5.74) is 3.64. The van der Waals surface area contributed by atoms with Crippen LogP contribution in [0.1, 0.15) is 39.5 Å². The molecule has 0 radical (unpaired) electrons. The van der Waals surface area contributed by atoms with Gasteiger partial charge in [0.05, 0.1) is 0 Å². The van der Waals surface area contributed by atoms with Crippen molar-refractivity contribution < 1.29 is 0 Å². The zero-order valence-electron chi connectivity index (χ0n) is 6.98. The van der Waals surface area contributed by atoms with Crippen molar-refractivity contribution in [1.82, 2.24) is 0 Å². The third kappa shape index (κ3) is 0.680. The topological polar surface area (TPSA) is 0 Å². The lowest BCUT2D eigenvalue weighted by molar-refractivity contribution is 0.363. The molecule has 0 bridgehead atoms. The van der Waals surface area contributed by atoms with Gasteiger partial charge in [0.1, 0.15) is 0 Å². The zero-order valence-corrected chi connectivity index (χ0v) is 6.98. The fraction of sp³-hybridized carbons (Fsp3) is 0.800. The molecule has 2 unspecified atom stereocenters. The Kier molecular flexibility index (Phi) is 1.36. The van der Waals surface area contributed by atoms with Gasteiger partial charge in [-0.15, -0.1) is 0 Å². The molecule has 2 atom stereocenters. The second-order valence-corrected chi connectivity index (χ2v) is 3.83. The highest BCUT2D eigenvalue weighted by atomic mass is 14.4. The van der Waals surface area contributed by atoms with Crippen LogP contribution in [0.15, 0.2) is 11.1 Å². The minimum Gasteiger partial charge on any atom is -0.0673 e. The quantitative estimate of drug-likeness (QED) is 0.449. The Morgan fingerprint density at radius 2 is 1.30 bits per heavy atom. The van der Waals surface area contributed by atoms with E-state index in [4.69, 9.17) is 0 Å². The van der Waals surface area contributed by atoms with Gasteiger partial charge >= 0.3 is 0 Å². The fourth-order valence-corrected chi connectivity index (χ4v) is 2.50. The monoisotopic (exact) mass is 136 g/mol. The Labute approximate surface area is 63.3 Å². The van der Waals surface area contributed by atoms with Gasteiger partial charge in [-0.3, -0.25) is 0 Å². The lowest BCUT2D eigenvalue weighted by atomic mass is 9.64. The van der Waals surface area contributed by atoms with E-state index in [1.54, 1.807) is 0 Å². The highest BCUT2D eigenvalue weighted by Crippen LogP contribution is 2.47. The lowest BCUT2D eigenvalue weighted by Crippen LogP contribution is -2.28. The molecule has 0 amide bonds. The van der Waals surface area contributed by atoms with Crippen LogP contribution in [0, 0.1) is 11.8 Å².